The number of carbonyl (C=O) groups excluding carboxylic acids is 3. The summed E-state index contributed by atoms with van der Waals surface area (Å²) in [5.74, 6) is -1.07. The molecule has 0 heterocycles. The Balaban J connectivity index is 4.50. The van der Waals surface area contributed by atoms with E-state index in [1.807, 2.05) is 6.08 Å². The lowest BCUT2D eigenvalue weighted by Crippen LogP contribution is -2.30. The van der Waals surface area contributed by atoms with E-state index in [2.05, 4.69) is 124 Å². The number of carbonyl (C=O) groups is 3. The lowest BCUT2D eigenvalue weighted by Gasteiger charge is -2.18. The number of ether oxygens (including phenoxy) is 3. The van der Waals surface area contributed by atoms with E-state index in [-0.39, 0.29) is 38.0 Å². The molecule has 0 aromatic carbocycles. The van der Waals surface area contributed by atoms with Gasteiger partial charge in [-0.05, 0) is 103 Å². The zero-order valence-electron chi connectivity index (χ0n) is 39.1. The monoisotopic (exact) mass is 845 g/mol. The first-order valence-corrected chi connectivity index (χ1v) is 24.4. The highest BCUT2D eigenvalue weighted by Gasteiger charge is 2.19. The molecule has 6 nitrogen and oxygen atoms in total. The maximum atomic E-state index is 12.7. The summed E-state index contributed by atoms with van der Waals surface area (Å²) in [5, 5.41) is 0. The van der Waals surface area contributed by atoms with Gasteiger partial charge in [0.25, 0.3) is 0 Å². The Morgan fingerprint density at radius 1 is 0.344 bits per heavy atom. The molecule has 1 unspecified atom stereocenters. The Bertz CT molecular complexity index is 1290. The van der Waals surface area contributed by atoms with E-state index in [4.69, 9.17) is 14.2 Å². The number of hydrogen-bond donors (Lipinski definition) is 0. The smallest absolute Gasteiger partial charge is 0.306 e. The van der Waals surface area contributed by atoms with Crippen molar-refractivity contribution >= 4 is 17.9 Å². The third-order valence-corrected chi connectivity index (χ3v) is 9.76. The minimum absolute atomic E-state index is 0.126. The van der Waals surface area contributed by atoms with Gasteiger partial charge in [0, 0.05) is 19.3 Å². The van der Waals surface area contributed by atoms with Crippen LogP contribution in [-0.2, 0) is 28.6 Å². The lowest BCUT2D eigenvalue weighted by atomic mass is 10.1. The molecule has 0 aliphatic heterocycles. The van der Waals surface area contributed by atoms with Crippen LogP contribution in [0.3, 0.4) is 0 Å². The van der Waals surface area contributed by atoms with Crippen molar-refractivity contribution in [3.8, 4) is 0 Å². The first-order chi connectivity index (χ1) is 30.0. The molecule has 0 fully saturated rings. The van der Waals surface area contributed by atoms with E-state index in [1.54, 1.807) is 0 Å². The van der Waals surface area contributed by atoms with Gasteiger partial charge in [-0.25, -0.2) is 0 Å². The number of rotatable bonds is 42. The van der Waals surface area contributed by atoms with E-state index in [0.29, 0.717) is 19.3 Å². The van der Waals surface area contributed by atoms with E-state index >= 15 is 0 Å². The van der Waals surface area contributed by atoms with Crippen molar-refractivity contribution in [2.24, 2.45) is 0 Å². The quantitative estimate of drug-likeness (QED) is 0.0264. The lowest BCUT2D eigenvalue weighted by molar-refractivity contribution is -0.166. The minimum Gasteiger partial charge on any atom is -0.462 e. The molecule has 0 aliphatic rings. The molecule has 0 N–H and O–H groups in total. The van der Waals surface area contributed by atoms with Crippen molar-refractivity contribution in [1.29, 1.82) is 0 Å². The van der Waals surface area contributed by atoms with Gasteiger partial charge < -0.3 is 14.2 Å². The molecule has 1 atom stereocenters. The van der Waals surface area contributed by atoms with Gasteiger partial charge in [-0.1, -0.05) is 188 Å². The van der Waals surface area contributed by atoms with Crippen molar-refractivity contribution in [1.82, 2.24) is 0 Å². The molecule has 61 heavy (non-hydrogen) atoms. The van der Waals surface area contributed by atoms with Crippen LogP contribution in [0.1, 0.15) is 201 Å². The summed E-state index contributed by atoms with van der Waals surface area (Å²) in [6, 6.07) is 0. The number of unbranched alkanes of at least 4 members (excludes halogenated alkanes) is 13. The third-order valence-electron chi connectivity index (χ3n) is 9.76. The summed E-state index contributed by atoms with van der Waals surface area (Å²) in [7, 11) is 0. The van der Waals surface area contributed by atoms with Crippen molar-refractivity contribution in [3.63, 3.8) is 0 Å². The summed E-state index contributed by atoms with van der Waals surface area (Å²) in [4.78, 5) is 37.8. The number of hydrogen-bond acceptors (Lipinski definition) is 6. The summed E-state index contributed by atoms with van der Waals surface area (Å²) in [5.41, 5.74) is 0. The van der Waals surface area contributed by atoms with Gasteiger partial charge in [0.1, 0.15) is 13.2 Å². The molecule has 0 amide bonds. The highest BCUT2D eigenvalue weighted by molar-refractivity contribution is 5.71. The maximum absolute atomic E-state index is 12.7. The van der Waals surface area contributed by atoms with Crippen molar-refractivity contribution < 1.29 is 28.6 Å². The van der Waals surface area contributed by atoms with Gasteiger partial charge >= 0.3 is 17.9 Å². The maximum Gasteiger partial charge on any atom is 0.306 e. The Kier molecular flexibility index (Phi) is 45.6. The fourth-order valence-corrected chi connectivity index (χ4v) is 6.15. The Hall–Kier alpha value is -3.93. The Morgan fingerprint density at radius 2 is 0.689 bits per heavy atom. The van der Waals surface area contributed by atoms with Gasteiger partial charge in [0.15, 0.2) is 6.10 Å². The summed E-state index contributed by atoms with van der Waals surface area (Å²) < 4.78 is 16.6. The second-order valence-electron chi connectivity index (χ2n) is 15.6. The molecular weight excluding hydrogens is 757 g/mol. The summed E-state index contributed by atoms with van der Waals surface area (Å²) in [6.45, 7) is 6.26. The average Bonchev–Trinajstić information content (AvgIpc) is 3.26. The minimum atomic E-state index is -0.835. The fraction of sp³-hybridized carbons (Fsp3) is 0.618. The molecule has 0 aromatic heterocycles. The largest absolute Gasteiger partial charge is 0.462 e. The zero-order valence-corrected chi connectivity index (χ0v) is 39.1. The van der Waals surface area contributed by atoms with Gasteiger partial charge in [-0.15, -0.1) is 0 Å². The van der Waals surface area contributed by atoms with Crippen LogP contribution in [0.5, 0.6) is 0 Å². The van der Waals surface area contributed by atoms with Crippen LogP contribution < -0.4 is 0 Å². The summed E-state index contributed by atoms with van der Waals surface area (Å²) in [6.07, 6.45) is 65.2. The topological polar surface area (TPSA) is 78.9 Å². The van der Waals surface area contributed by atoms with E-state index in [1.165, 1.54) is 51.4 Å². The highest BCUT2D eigenvalue weighted by atomic mass is 16.6. The molecule has 0 saturated carbocycles. The molecule has 6 heteroatoms. The van der Waals surface area contributed by atoms with Crippen molar-refractivity contribution in [2.75, 3.05) is 13.2 Å². The second-order valence-corrected chi connectivity index (χ2v) is 15.6. The van der Waals surface area contributed by atoms with Gasteiger partial charge in [-0.3, -0.25) is 14.4 Å². The summed E-state index contributed by atoms with van der Waals surface area (Å²) >= 11 is 0. The van der Waals surface area contributed by atoms with Crippen LogP contribution >= 0.6 is 0 Å². The molecule has 0 saturated heterocycles. The Labute approximate surface area is 374 Å². The number of esters is 3. The van der Waals surface area contributed by atoms with Gasteiger partial charge in [0.05, 0.1) is 0 Å². The molecule has 0 aliphatic carbocycles. The van der Waals surface area contributed by atoms with Crippen LogP contribution in [0.25, 0.3) is 0 Å². The first kappa shape index (κ1) is 57.1. The van der Waals surface area contributed by atoms with E-state index in [9.17, 15) is 14.4 Å². The molecule has 0 rings (SSSR count). The Morgan fingerprint density at radius 3 is 1.13 bits per heavy atom. The van der Waals surface area contributed by atoms with Crippen molar-refractivity contribution in [3.05, 3.63) is 109 Å². The van der Waals surface area contributed by atoms with Crippen LogP contribution in [0.15, 0.2) is 109 Å². The predicted octanol–water partition coefficient (Wildman–Crippen LogP) is 16.0. The SMILES string of the molecule is CC/C=C\C/C=C\C/C=C\C/C=C\CCCCCCCCC(=O)OCC(COC(=O)CCC/C=C\C/C=C\C/C=C\CC)OC(=O)CC/C=C\C/C=C\CCCCCCCC. The van der Waals surface area contributed by atoms with Gasteiger partial charge in [-0.2, -0.15) is 0 Å². The van der Waals surface area contributed by atoms with Crippen LogP contribution in [0.2, 0.25) is 0 Å². The molecule has 0 spiro atoms. The standard InChI is InChI=1S/C55H88O6/c1-4-7-10-13-16-19-22-24-25-26-27-28-29-31-33-36-39-42-45-48-54(57)60-51-52(50-59-53(56)47-44-41-38-35-32-21-18-15-12-9-6-3)61-55(58)49-46-43-40-37-34-30-23-20-17-14-11-8-5-2/h7,9-10,12,16,18-19,21,24-25,27-28,30,34-35,38,40,43,52H,4-6,8,11,13-15,17,20,22-23,26,29,31-33,36-37,39,41-42,44-51H2,1-3H3/b10-7-,12-9-,19-16-,21-18-,25-24-,28-27-,34-30-,38-35-,43-40-. The van der Waals surface area contributed by atoms with E-state index in [0.717, 1.165) is 96.3 Å². The van der Waals surface area contributed by atoms with Gasteiger partial charge in [0.2, 0.25) is 0 Å². The zero-order chi connectivity index (χ0) is 44.4. The molecule has 0 aromatic rings. The molecule has 0 bridgehead atoms. The van der Waals surface area contributed by atoms with E-state index < -0.39 is 12.1 Å². The van der Waals surface area contributed by atoms with Crippen LogP contribution in [0, 0.1) is 0 Å². The average molecular weight is 845 g/mol. The van der Waals surface area contributed by atoms with Crippen molar-refractivity contribution in [2.45, 2.75) is 207 Å². The molecule has 0 radical (unpaired) electrons. The normalized spacial score (nSPS) is 13.0. The first-order valence-electron chi connectivity index (χ1n) is 24.4. The highest BCUT2D eigenvalue weighted by Crippen LogP contribution is 2.12. The van der Waals surface area contributed by atoms with Crippen LogP contribution in [-0.4, -0.2) is 37.2 Å². The number of allylic oxidation sites excluding steroid dienone is 18. The third kappa shape index (κ3) is 47.0. The predicted molar refractivity (Wildman–Crippen MR) is 260 cm³/mol. The fourth-order valence-electron chi connectivity index (χ4n) is 6.15. The molecular formula is C55H88O6. The van der Waals surface area contributed by atoms with Crippen LogP contribution in [0.4, 0.5) is 0 Å². The molecule has 344 valence electrons. The second kappa shape index (κ2) is 48.7.